The third kappa shape index (κ3) is 2.15. The molecular weight excluding hydrogens is 198 g/mol. The molecule has 0 saturated heterocycles. The van der Waals surface area contributed by atoms with Crippen molar-refractivity contribution in [1.82, 2.24) is 15.0 Å². The van der Waals surface area contributed by atoms with Crippen molar-refractivity contribution >= 4 is 5.97 Å². The van der Waals surface area contributed by atoms with Crippen LogP contribution in [0.4, 0.5) is 0 Å². The molecule has 0 amide bonds. The number of carboxylic acid groups (broad SMARTS) is 1. The maximum absolute atomic E-state index is 10.6. The number of carbonyl (C=O) groups is 1. The van der Waals surface area contributed by atoms with Crippen molar-refractivity contribution in [3.63, 3.8) is 0 Å². The maximum Gasteiger partial charge on any atom is 0.307 e. The lowest BCUT2D eigenvalue weighted by molar-refractivity contribution is -0.138. The lowest BCUT2D eigenvalue weighted by atomic mass is 10.3. The summed E-state index contributed by atoms with van der Waals surface area (Å²) >= 11 is 0. The van der Waals surface area contributed by atoms with Crippen molar-refractivity contribution in [2.75, 3.05) is 14.1 Å². The van der Waals surface area contributed by atoms with Gasteiger partial charge in [-0.1, -0.05) is 5.16 Å². The Labute approximate surface area is 86.9 Å². The van der Waals surface area contributed by atoms with Crippen molar-refractivity contribution < 1.29 is 14.4 Å². The fraction of sp³-hybridized carbons (Fsp3) is 0.667. The fourth-order valence-corrected chi connectivity index (χ4v) is 1.51. The van der Waals surface area contributed by atoms with E-state index in [-0.39, 0.29) is 11.8 Å². The van der Waals surface area contributed by atoms with Gasteiger partial charge >= 0.3 is 5.97 Å². The second-order valence-corrected chi connectivity index (χ2v) is 4.07. The number of aliphatic carboxylic acids is 1. The predicted octanol–water partition coefficient (Wildman–Crippen LogP) is 0.319. The summed E-state index contributed by atoms with van der Waals surface area (Å²) < 4.78 is 5.02. The number of aromatic nitrogens is 2. The van der Waals surface area contributed by atoms with Crippen LogP contribution in [0.25, 0.3) is 0 Å². The Hall–Kier alpha value is -1.43. The quantitative estimate of drug-likeness (QED) is 0.772. The summed E-state index contributed by atoms with van der Waals surface area (Å²) in [7, 11) is 3.82. The molecule has 0 bridgehead atoms. The fourth-order valence-electron chi connectivity index (χ4n) is 1.51. The van der Waals surface area contributed by atoms with Gasteiger partial charge in [-0.3, -0.25) is 4.79 Å². The second kappa shape index (κ2) is 3.62. The van der Waals surface area contributed by atoms with E-state index in [9.17, 15) is 4.79 Å². The van der Waals surface area contributed by atoms with Crippen molar-refractivity contribution in [3.05, 3.63) is 11.7 Å². The van der Waals surface area contributed by atoms with Gasteiger partial charge in [0.1, 0.15) is 0 Å². The van der Waals surface area contributed by atoms with Crippen LogP contribution in [0, 0.1) is 5.92 Å². The summed E-state index contributed by atoms with van der Waals surface area (Å²) in [6.45, 7) is 0.605. The van der Waals surface area contributed by atoms with Gasteiger partial charge in [-0.15, -0.1) is 0 Å². The highest BCUT2D eigenvalue weighted by atomic mass is 16.5. The second-order valence-electron chi connectivity index (χ2n) is 4.07. The van der Waals surface area contributed by atoms with E-state index >= 15 is 0 Å². The topological polar surface area (TPSA) is 79.5 Å². The van der Waals surface area contributed by atoms with E-state index in [2.05, 4.69) is 10.1 Å². The lowest BCUT2D eigenvalue weighted by Crippen LogP contribution is -2.11. The van der Waals surface area contributed by atoms with Gasteiger partial charge in [0.2, 0.25) is 5.89 Å². The van der Waals surface area contributed by atoms with Crippen LogP contribution in [0.2, 0.25) is 0 Å². The molecule has 1 aromatic rings. The summed E-state index contributed by atoms with van der Waals surface area (Å²) in [6.07, 6.45) is 0.610. The average Bonchev–Trinajstić information content (AvgIpc) is 2.81. The van der Waals surface area contributed by atoms with Crippen molar-refractivity contribution in [1.29, 1.82) is 0 Å². The van der Waals surface area contributed by atoms with Crippen LogP contribution in [0.1, 0.15) is 24.1 Å². The summed E-state index contributed by atoms with van der Waals surface area (Å²) in [5.74, 6) is -0.138. The average molecular weight is 211 g/mol. The molecule has 1 aliphatic carbocycles. The molecule has 1 heterocycles. The largest absolute Gasteiger partial charge is 0.481 e. The zero-order valence-electron chi connectivity index (χ0n) is 8.67. The third-order valence-electron chi connectivity index (χ3n) is 2.37. The predicted molar refractivity (Wildman–Crippen MR) is 50.2 cm³/mol. The molecule has 0 spiro atoms. The zero-order chi connectivity index (χ0) is 11.0. The molecule has 1 aromatic heterocycles. The highest BCUT2D eigenvalue weighted by Crippen LogP contribution is 2.46. The molecule has 1 saturated carbocycles. The van der Waals surface area contributed by atoms with Gasteiger partial charge in [0.25, 0.3) is 0 Å². The van der Waals surface area contributed by atoms with Crippen LogP contribution in [-0.4, -0.2) is 40.2 Å². The van der Waals surface area contributed by atoms with E-state index in [0.29, 0.717) is 24.7 Å². The van der Waals surface area contributed by atoms with Crippen molar-refractivity contribution in [3.8, 4) is 0 Å². The van der Waals surface area contributed by atoms with Gasteiger partial charge in [0.15, 0.2) is 5.82 Å². The number of nitrogens with zero attached hydrogens (tertiary/aromatic N) is 3. The van der Waals surface area contributed by atoms with E-state index in [4.69, 9.17) is 9.63 Å². The Bertz CT molecular complexity index is 374. The molecule has 6 heteroatoms. The van der Waals surface area contributed by atoms with Gasteiger partial charge in [-0.05, 0) is 20.5 Å². The Balaban J connectivity index is 2.00. The monoisotopic (exact) mass is 211 g/mol. The highest BCUT2D eigenvalue weighted by Gasteiger charge is 2.48. The molecule has 2 unspecified atom stereocenters. The van der Waals surface area contributed by atoms with Crippen molar-refractivity contribution in [2.24, 2.45) is 5.92 Å². The summed E-state index contributed by atoms with van der Waals surface area (Å²) in [5.41, 5.74) is 0. The number of rotatable bonds is 4. The molecule has 82 valence electrons. The SMILES string of the molecule is CN(C)Cc1noc(C2CC2C(=O)O)n1. The number of hydrogen-bond donors (Lipinski definition) is 1. The van der Waals surface area contributed by atoms with Crippen LogP contribution in [-0.2, 0) is 11.3 Å². The molecule has 2 rings (SSSR count). The van der Waals surface area contributed by atoms with Gasteiger partial charge in [-0.2, -0.15) is 4.98 Å². The van der Waals surface area contributed by atoms with E-state index in [1.54, 1.807) is 0 Å². The lowest BCUT2D eigenvalue weighted by Gasteiger charge is -2.03. The summed E-state index contributed by atoms with van der Waals surface area (Å²) in [6, 6.07) is 0. The molecule has 0 aliphatic heterocycles. The number of hydrogen-bond acceptors (Lipinski definition) is 5. The molecular formula is C9H13N3O3. The Kier molecular flexibility index (Phi) is 2.44. The van der Waals surface area contributed by atoms with Crippen LogP contribution >= 0.6 is 0 Å². The summed E-state index contributed by atoms with van der Waals surface area (Å²) in [4.78, 5) is 16.7. The van der Waals surface area contributed by atoms with Crippen LogP contribution < -0.4 is 0 Å². The van der Waals surface area contributed by atoms with Crippen LogP contribution in [0.15, 0.2) is 4.52 Å². The summed E-state index contributed by atoms with van der Waals surface area (Å²) in [5, 5.41) is 12.5. The minimum atomic E-state index is -0.785. The van der Waals surface area contributed by atoms with Crippen LogP contribution in [0.5, 0.6) is 0 Å². The van der Waals surface area contributed by atoms with Crippen molar-refractivity contribution in [2.45, 2.75) is 18.9 Å². The third-order valence-corrected chi connectivity index (χ3v) is 2.37. The highest BCUT2D eigenvalue weighted by molar-refractivity contribution is 5.74. The van der Waals surface area contributed by atoms with Gasteiger partial charge in [0.05, 0.1) is 18.4 Å². The Morgan fingerprint density at radius 1 is 1.67 bits per heavy atom. The normalized spacial score (nSPS) is 24.5. The van der Waals surface area contributed by atoms with Gasteiger partial charge < -0.3 is 14.5 Å². The van der Waals surface area contributed by atoms with E-state index in [1.165, 1.54) is 0 Å². The standard InChI is InChI=1S/C9H13N3O3/c1-12(2)4-7-10-8(15-11-7)5-3-6(5)9(13)14/h5-6H,3-4H2,1-2H3,(H,13,14). The van der Waals surface area contributed by atoms with E-state index in [0.717, 1.165) is 0 Å². The Morgan fingerprint density at radius 3 is 2.93 bits per heavy atom. The first-order chi connectivity index (χ1) is 7.08. The minimum Gasteiger partial charge on any atom is -0.481 e. The minimum absolute atomic E-state index is 0.0779. The molecule has 2 atom stereocenters. The molecule has 1 aliphatic rings. The molecule has 0 aromatic carbocycles. The smallest absolute Gasteiger partial charge is 0.307 e. The maximum atomic E-state index is 10.6. The molecule has 1 fully saturated rings. The van der Waals surface area contributed by atoms with Gasteiger partial charge in [0, 0.05) is 0 Å². The first kappa shape index (κ1) is 10.1. The molecule has 1 N–H and O–H groups in total. The van der Waals surface area contributed by atoms with Crippen LogP contribution in [0.3, 0.4) is 0 Å². The molecule has 0 radical (unpaired) electrons. The zero-order valence-corrected chi connectivity index (χ0v) is 8.67. The first-order valence-electron chi connectivity index (χ1n) is 4.78. The molecule has 15 heavy (non-hydrogen) atoms. The first-order valence-corrected chi connectivity index (χ1v) is 4.78. The Morgan fingerprint density at radius 2 is 2.40 bits per heavy atom. The molecule has 6 nitrogen and oxygen atoms in total. The van der Waals surface area contributed by atoms with Gasteiger partial charge in [-0.25, -0.2) is 0 Å². The number of carboxylic acids is 1. The van der Waals surface area contributed by atoms with E-state index < -0.39 is 5.97 Å². The van der Waals surface area contributed by atoms with E-state index in [1.807, 2.05) is 19.0 Å².